The zero-order chi connectivity index (χ0) is 16.2. The van der Waals surface area contributed by atoms with E-state index in [4.69, 9.17) is 0 Å². The van der Waals surface area contributed by atoms with Crippen LogP contribution in [0.25, 0.3) is 0 Å². The smallest absolute Gasteiger partial charge is 0.151 e. The molecule has 0 spiro atoms. The van der Waals surface area contributed by atoms with Gasteiger partial charge >= 0.3 is 0 Å². The molecule has 7 atom stereocenters. The highest BCUT2D eigenvalue weighted by atomic mass is 16.5. The highest BCUT2D eigenvalue weighted by Crippen LogP contribution is 2.67. The van der Waals surface area contributed by atoms with Crippen molar-refractivity contribution >= 4 is 0 Å². The number of aliphatic hydroxyl groups is 2. The van der Waals surface area contributed by atoms with Crippen LogP contribution >= 0.6 is 0 Å². The third kappa shape index (κ3) is 2.42. The summed E-state index contributed by atoms with van der Waals surface area (Å²) in [6.07, 6.45) is 13.6. The maximum atomic E-state index is 9.50. The van der Waals surface area contributed by atoms with E-state index in [9.17, 15) is 10.2 Å². The van der Waals surface area contributed by atoms with Gasteiger partial charge in [-0.25, -0.2) is 0 Å². The summed E-state index contributed by atoms with van der Waals surface area (Å²) in [6, 6.07) is 0. The maximum absolute atomic E-state index is 9.50. The molecule has 0 saturated heterocycles. The van der Waals surface area contributed by atoms with Crippen molar-refractivity contribution in [3.05, 3.63) is 0 Å². The molecule has 4 fully saturated rings. The summed E-state index contributed by atoms with van der Waals surface area (Å²) < 4.78 is 0. The summed E-state index contributed by atoms with van der Waals surface area (Å²) in [5.74, 6) is 4.26. The SMILES string of the molecule is C[C@]12CCCC[C@@H]1CC[C@@H]1[C@@H]2CC[C@]2(C)[C@H](CC(O)O)CC[C@@H]12. The zero-order valence-electron chi connectivity index (χ0n) is 15.1. The minimum absolute atomic E-state index is 0.378. The summed E-state index contributed by atoms with van der Waals surface area (Å²) in [5.41, 5.74) is 1.000. The second-order valence-electron chi connectivity index (χ2n) is 9.94. The lowest BCUT2D eigenvalue weighted by Crippen LogP contribution is -2.52. The maximum Gasteiger partial charge on any atom is 0.151 e. The molecule has 0 aromatic rings. The van der Waals surface area contributed by atoms with Gasteiger partial charge in [-0.1, -0.05) is 26.7 Å². The Morgan fingerprint density at radius 3 is 2.39 bits per heavy atom. The standard InChI is InChI=1S/C21H36O2/c1-20-11-4-3-5-14(20)6-8-16-17-9-7-15(13-19(22)23)21(17,2)12-10-18(16)20/h14-19,22-23H,3-13H2,1-2H3/t14-,15+,16+,17+,18+,20+,21-/m1/s1. The Labute approximate surface area is 142 Å². The van der Waals surface area contributed by atoms with E-state index in [1.165, 1.54) is 64.2 Å². The van der Waals surface area contributed by atoms with E-state index in [2.05, 4.69) is 13.8 Å². The molecular formula is C21H36O2. The van der Waals surface area contributed by atoms with Crippen LogP contribution in [-0.2, 0) is 0 Å². The first kappa shape index (κ1) is 16.4. The quantitative estimate of drug-likeness (QED) is 0.722. The molecule has 2 N–H and O–H groups in total. The van der Waals surface area contributed by atoms with Gasteiger partial charge in [0.1, 0.15) is 0 Å². The van der Waals surface area contributed by atoms with Crippen LogP contribution in [0.1, 0.15) is 84.5 Å². The van der Waals surface area contributed by atoms with Crippen molar-refractivity contribution in [2.45, 2.75) is 90.8 Å². The predicted octanol–water partition coefficient (Wildman–Crippen LogP) is 4.74. The molecule has 4 rings (SSSR count). The van der Waals surface area contributed by atoms with Crippen molar-refractivity contribution in [3.63, 3.8) is 0 Å². The molecule has 23 heavy (non-hydrogen) atoms. The van der Waals surface area contributed by atoms with Crippen LogP contribution in [-0.4, -0.2) is 16.5 Å². The van der Waals surface area contributed by atoms with E-state index in [0.717, 1.165) is 23.7 Å². The fraction of sp³-hybridized carbons (Fsp3) is 1.00. The van der Waals surface area contributed by atoms with E-state index in [0.29, 0.717) is 23.2 Å². The Morgan fingerprint density at radius 2 is 1.61 bits per heavy atom. The fourth-order valence-electron chi connectivity index (χ4n) is 8.05. The third-order valence-corrected chi connectivity index (χ3v) is 9.27. The molecule has 0 bridgehead atoms. The average molecular weight is 321 g/mol. The molecule has 132 valence electrons. The summed E-state index contributed by atoms with van der Waals surface area (Å²) in [4.78, 5) is 0. The van der Waals surface area contributed by atoms with Crippen LogP contribution in [0.4, 0.5) is 0 Å². The Hall–Kier alpha value is -0.0800. The minimum Gasteiger partial charge on any atom is -0.368 e. The van der Waals surface area contributed by atoms with Gasteiger partial charge in [0.05, 0.1) is 0 Å². The van der Waals surface area contributed by atoms with Crippen molar-refractivity contribution in [2.75, 3.05) is 0 Å². The molecule has 0 aromatic carbocycles. The monoisotopic (exact) mass is 320 g/mol. The molecule has 0 aliphatic heterocycles. The molecule has 0 heterocycles. The average Bonchev–Trinajstić information content (AvgIpc) is 2.83. The van der Waals surface area contributed by atoms with Crippen LogP contribution in [0.2, 0.25) is 0 Å². The topological polar surface area (TPSA) is 40.5 Å². The molecule has 0 radical (unpaired) electrons. The fourth-order valence-corrected chi connectivity index (χ4v) is 8.05. The lowest BCUT2D eigenvalue weighted by molar-refractivity contribution is -0.121. The highest BCUT2D eigenvalue weighted by Gasteiger charge is 2.59. The van der Waals surface area contributed by atoms with Crippen LogP contribution in [0, 0.1) is 40.4 Å². The van der Waals surface area contributed by atoms with Crippen molar-refractivity contribution < 1.29 is 10.2 Å². The number of hydrogen-bond donors (Lipinski definition) is 2. The van der Waals surface area contributed by atoms with Crippen LogP contribution in [0.15, 0.2) is 0 Å². The number of hydrogen-bond acceptors (Lipinski definition) is 2. The third-order valence-electron chi connectivity index (χ3n) is 9.27. The molecule has 0 unspecified atom stereocenters. The Kier molecular flexibility index (Phi) is 4.08. The van der Waals surface area contributed by atoms with Crippen LogP contribution in [0.3, 0.4) is 0 Å². The van der Waals surface area contributed by atoms with Gasteiger partial charge in [-0.3, -0.25) is 0 Å². The second kappa shape index (κ2) is 5.73. The van der Waals surface area contributed by atoms with E-state index < -0.39 is 6.29 Å². The number of rotatable bonds is 2. The lowest BCUT2D eigenvalue weighted by Gasteiger charge is -2.60. The molecule has 0 amide bonds. The van der Waals surface area contributed by atoms with Crippen molar-refractivity contribution in [1.29, 1.82) is 0 Å². The lowest BCUT2D eigenvalue weighted by atomic mass is 9.45. The summed E-state index contributed by atoms with van der Waals surface area (Å²) in [5, 5.41) is 19.0. The number of fused-ring (bicyclic) bond motifs is 5. The zero-order valence-corrected chi connectivity index (χ0v) is 15.1. The van der Waals surface area contributed by atoms with Gasteiger partial charge in [0, 0.05) is 6.42 Å². The molecule has 4 saturated carbocycles. The first-order valence-electron chi connectivity index (χ1n) is 10.3. The summed E-state index contributed by atoms with van der Waals surface area (Å²) in [7, 11) is 0. The van der Waals surface area contributed by atoms with E-state index in [1.807, 2.05) is 0 Å². The van der Waals surface area contributed by atoms with Crippen LogP contribution in [0.5, 0.6) is 0 Å². The summed E-state index contributed by atoms with van der Waals surface area (Å²) in [6.45, 7) is 5.13. The molecule has 4 aliphatic carbocycles. The van der Waals surface area contributed by atoms with Gasteiger partial charge in [-0.05, 0) is 91.8 Å². The van der Waals surface area contributed by atoms with Gasteiger partial charge in [0.15, 0.2) is 6.29 Å². The van der Waals surface area contributed by atoms with Gasteiger partial charge in [-0.2, -0.15) is 0 Å². The summed E-state index contributed by atoms with van der Waals surface area (Å²) >= 11 is 0. The molecule has 2 nitrogen and oxygen atoms in total. The van der Waals surface area contributed by atoms with Crippen molar-refractivity contribution in [3.8, 4) is 0 Å². The van der Waals surface area contributed by atoms with E-state index in [-0.39, 0.29) is 0 Å². The first-order chi connectivity index (χ1) is 10.9. The van der Waals surface area contributed by atoms with Gasteiger partial charge < -0.3 is 10.2 Å². The molecule has 4 aliphatic rings. The molecule has 2 heteroatoms. The van der Waals surface area contributed by atoms with E-state index >= 15 is 0 Å². The van der Waals surface area contributed by atoms with Gasteiger partial charge in [0.25, 0.3) is 0 Å². The van der Waals surface area contributed by atoms with Crippen LogP contribution < -0.4 is 0 Å². The highest BCUT2D eigenvalue weighted by molar-refractivity contribution is 5.08. The van der Waals surface area contributed by atoms with Gasteiger partial charge in [-0.15, -0.1) is 0 Å². The van der Waals surface area contributed by atoms with Crippen molar-refractivity contribution in [1.82, 2.24) is 0 Å². The van der Waals surface area contributed by atoms with Gasteiger partial charge in [0.2, 0.25) is 0 Å². The molecular weight excluding hydrogens is 284 g/mol. The van der Waals surface area contributed by atoms with E-state index in [1.54, 1.807) is 0 Å². The predicted molar refractivity (Wildman–Crippen MR) is 92.7 cm³/mol. The largest absolute Gasteiger partial charge is 0.368 e. The Bertz CT molecular complexity index is 447. The number of aliphatic hydroxyl groups excluding tert-OH is 1. The Balaban J connectivity index is 1.57. The Morgan fingerprint density at radius 1 is 0.826 bits per heavy atom. The van der Waals surface area contributed by atoms with Crippen molar-refractivity contribution in [2.24, 2.45) is 40.4 Å². The minimum atomic E-state index is -1.11. The normalized spacial score (nSPS) is 52.8. The second-order valence-corrected chi connectivity index (χ2v) is 9.94. The molecule has 0 aromatic heterocycles. The first-order valence-corrected chi connectivity index (χ1v) is 10.3.